The van der Waals surface area contributed by atoms with Crippen LogP contribution in [0, 0.1) is 0 Å². The monoisotopic (exact) mass is 291 g/mol. The van der Waals surface area contributed by atoms with Gasteiger partial charge in [0.05, 0.1) is 16.6 Å². The van der Waals surface area contributed by atoms with Crippen molar-refractivity contribution >= 4 is 33.3 Å². The normalized spacial score (nSPS) is 18.0. The molecule has 0 atom stereocenters. The van der Waals surface area contributed by atoms with Gasteiger partial charge in [-0.1, -0.05) is 19.3 Å². The van der Waals surface area contributed by atoms with E-state index in [9.17, 15) is 9.90 Å². The van der Waals surface area contributed by atoms with E-state index in [-0.39, 0.29) is 12.0 Å². The van der Waals surface area contributed by atoms with E-state index in [0.717, 1.165) is 41.7 Å². The van der Waals surface area contributed by atoms with E-state index in [2.05, 4.69) is 15.3 Å². The molecule has 1 saturated carbocycles. The first-order valence-corrected chi connectivity index (χ1v) is 7.75. The molecule has 0 bridgehead atoms. The number of aliphatic carboxylic acids is 1. The highest BCUT2D eigenvalue weighted by Crippen LogP contribution is 2.36. The maximum atomic E-state index is 11.2. The van der Waals surface area contributed by atoms with Gasteiger partial charge in [-0.2, -0.15) is 0 Å². The Bertz CT molecular complexity index is 620. The van der Waals surface area contributed by atoms with Crippen LogP contribution in [0.3, 0.4) is 0 Å². The molecule has 5 nitrogen and oxygen atoms in total. The number of anilines is 1. The first-order valence-electron chi connectivity index (χ1n) is 6.87. The molecule has 0 radical (unpaired) electrons. The summed E-state index contributed by atoms with van der Waals surface area (Å²) < 4.78 is 1.00. The lowest BCUT2D eigenvalue weighted by molar-refractivity contribution is -0.138. The number of nitrogens with zero attached hydrogens (tertiary/aromatic N) is 2. The zero-order chi connectivity index (χ0) is 14.0. The third-order valence-electron chi connectivity index (χ3n) is 3.93. The number of carboxylic acid groups (broad SMARTS) is 1. The summed E-state index contributed by atoms with van der Waals surface area (Å²) in [5.74, 6) is 0.0176. The summed E-state index contributed by atoms with van der Waals surface area (Å²) in [4.78, 5) is 19.7. The fraction of sp³-hybridized carbons (Fsp3) is 0.500. The largest absolute Gasteiger partial charge is 0.481 e. The van der Waals surface area contributed by atoms with Crippen LogP contribution < -0.4 is 5.32 Å². The van der Waals surface area contributed by atoms with Crippen molar-refractivity contribution < 1.29 is 9.90 Å². The maximum Gasteiger partial charge on any atom is 0.305 e. The Morgan fingerprint density at radius 3 is 2.90 bits per heavy atom. The molecule has 2 aromatic rings. The predicted molar refractivity (Wildman–Crippen MR) is 79.1 cm³/mol. The topological polar surface area (TPSA) is 75.1 Å². The highest BCUT2D eigenvalue weighted by Gasteiger charge is 2.35. The van der Waals surface area contributed by atoms with Gasteiger partial charge in [0.15, 0.2) is 0 Å². The SMILES string of the molecule is O=C(O)CC1(Nc2ncnc3ccsc23)CCCCC1. The third-order valence-corrected chi connectivity index (χ3v) is 4.84. The van der Waals surface area contributed by atoms with Crippen LogP contribution in [-0.4, -0.2) is 26.6 Å². The Morgan fingerprint density at radius 1 is 1.35 bits per heavy atom. The summed E-state index contributed by atoms with van der Waals surface area (Å²) in [5, 5.41) is 14.6. The number of aromatic nitrogens is 2. The average Bonchev–Trinajstić information content (AvgIpc) is 2.88. The van der Waals surface area contributed by atoms with Gasteiger partial charge in [0.1, 0.15) is 12.1 Å². The molecule has 0 spiro atoms. The van der Waals surface area contributed by atoms with Crippen molar-refractivity contribution in [2.75, 3.05) is 5.32 Å². The smallest absolute Gasteiger partial charge is 0.305 e. The number of hydrogen-bond donors (Lipinski definition) is 2. The lowest BCUT2D eigenvalue weighted by atomic mass is 9.79. The van der Waals surface area contributed by atoms with Gasteiger partial charge in [0.25, 0.3) is 0 Å². The summed E-state index contributed by atoms with van der Waals surface area (Å²) in [6.45, 7) is 0. The molecule has 1 aliphatic rings. The fourth-order valence-electron chi connectivity index (χ4n) is 2.99. The maximum absolute atomic E-state index is 11.2. The molecule has 6 heteroatoms. The Kier molecular flexibility index (Phi) is 3.56. The minimum absolute atomic E-state index is 0.143. The van der Waals surface area contributed by atoms with E-state index in [1.165, 1.54) is 12.7 Å². The van der Waals surface area contributed by atoms with Gasteiger partial charge >= 0.3 is 5.97 Å². The van der Waals surface area contributed by atoms with E-state index >= 15 is 0 Å². The van der Waals surface area contributed by atoms with E-state index < -0.39 is 5.97 Å². The number of thiophene rings is 1. The summed E-state index contributed by atoms with van der Waals surface area (Å²) in [7, 11) is 0. The molecule has 2 aromatic heterocycles. The highest BCUT2D eigenvalue weighted by atomic mass is 32.1. The van der Waals surface area contributed by atoms with Gasteiger partial charge in [-0.25, -0.2) is 9.97 Å². The van der Waals surface area contributed by atoms with Crippen molar-refractivity contribution in [3.8, 4) is 0 Å². The van der Waals surface area contributed by atoms with Crippen LogP contribution in [0.2, 0.25) is 0 Å². The second-order valence-corrected chi connectivity index (χ2v) is 6.31. The molecule has 0 aliphatic heterocycles. The van der Waals surface area contributed by atoms with Crippen LogP contribution >= 0.6 is 11.3 Å². The van der Waals surface area contributed by atoms with Gasteiger partial charge in [-0.15, -0.1) is 11.3 Å². The molecule has 0 amide bonds. The quantitative estimate of drug-likeness (QED) is 0.904. The van der Waals surface area contributed by atoms with Crippen molar-refractivity contribution in [1.82, 2.24) is 9.97 Å². The molecule has 1 fully saturated rings. The molecule has 2 N–H and O–H groups in total. The molecule has 1 aliphatic carbocycles. The average molecular weight is 291 g/mol. The Labute approximate surface area is 121 Å². The molecular weight excluding hydrogens is 274 g/mol. The van der Waals surface area contributed by atoms with Crippen LogP contribution in [0.5, 0.6) is 0 Å². The number of carbonyl (C=O) groups is 1. The lowest BCUT2D eigenvalue weighted by Crippen LogP contribution is -2.42. The first kappa shape index (κ1) is 13.3. The summed E-state index contributed by atoms with van der Waals surface area (Å²) in [6, 6.07) is 1.96. The van der Waals surface area contributed by atoms with Crippen LogP contribution in [0.4, 0.5) is 5.82 Å². The number of fused-ring (bicyclic) bond motifs is 1. The van der Waals surface area contributed by atoms with E-state index in [4.69, 9.17) is 0 Å². The Balaban J connectivity index is 1.92. The van der Waals surface area contributed by atoms with Crippen LogP contribution in [0.25, 0.3) is 10.2 Å². The van der Waals surface area contributed by atoms with Crippen LogP contribution in [0.15, 0.2) is 17.8 Å². The summed E-state index contributed by atoms with van der Waals surface area (Å²) in [6.07, 6.45) is 6.77. The third kappa shape index (κ3) is 2.60. The number of rotatable bonds is 4. The molecule has 106 valence electrons. The Hall–Kier alpha value is -1.69. The molecule has 20 heavy (non-hydrogen) atoms. The number of carboxylic acids is 1. The zero-order valence-electron chi connectivity index (χ0n) is 11.1. The Morgan fingerprint density at radius 2 is 2.15 bits per heavy atom. The van der Waals surface area contributed by atoms with E-state index in [0.29, 0.717) is 0 Å². The van der Waals surface area contributed by atoms with Crippen LogP contribution in [-0.2, 0) is 4.79 Å². The van der Waals surface area contributed by atoms with E-state index in [1.54, 1.807) is 11.3 Å². The standard InChI is InChI=1S/C14H17N3O2S/c18-11(19)8-14(5-2-1-3-6-14)17-13-12-10(4-7-20-12)15-9-16-13/h4,7,9H,1-3,5-6,8H2,(H,18,19)(H,15,16,17). The molecule has 0 unspecified atom stereocenters. The van der Waals surface area contributed by atoms with Crippen LogP contribution in [0.1, 0.15) is 38.5 Å². The molecule has 3 rings (SSSR count). The highest BCUT2D eigenvalue weighted by molar-refractivity contribution is 7.17. The second-order valence-electron chi connectivity index (χ2n) is 5.39. The predicted octanol–water partition coefficient (Wildman–Crippen LogP) is 3.28. The summed E-state index contributed by atoms with van der Waals surface area (Å²) >= 11 is 1.59. The van der Waals surface area contributed by atoms with Gasteiger partial charge < -0.3 is 10.4 Å². The van der Waals surface area contributed by atoms with Gasteiger partial charge in [-0.05, 0) is 24.3 Å². The summed E-state index contributed by atoms with van der Waals surface area (Å²) in [5.41, 5.74) is 0.545. The van der Waals surface area contributed by atoms with Crippen molar-refractivity contribution in [3.63, 3.8) is 0 Å². The number of nitrogens with one attached hydrogen (secondary N) is 1. The molecule has 0 saturated heterocycles. The minimum Gasteiger partial charge on any atom is -0.481 e. The minimum atomic E-state index is -0.754. The zero-order valence-corrected chi connectivity index (χ0v) is 11.9. The van der Waals surface area contributed by atoms with Gasteiger partial charge in [-0.3, -0.25) is 4.79 Å². The van der Waals surface area contributed by atoms with Crippen molar-refractivity contribution in [3.05, 3.63) is 17.8 Å². The molecule has 2 heterocycles. The lowest BCUT2D eigenvalue weighted by Gasteiger charge is -2.37. The number of hydrogen-bond acceptors (Lipinski definition) is 5. The van der Waals surface area contributed by atoms with Crippen molar-refractivity contribution in [1.29, 1.82) is 0 Å². The fourth-order valence-corrected chi connectivity index (χ4v) is 3.78. The molecule has 0 aromatic carbocycles. The van der Waals surface area contributed by atoms with Crippen molar-refractivity contribution in [2.24, 2.45) is 0 Å². The van der Waals surface area contributed by atoms with Gasteiger partial charge in [0.2, 0.25) is 0 Å². The van der Waals surface area contributed by atoms with Crippen molar-refractivity contribution in [2.45, 2.75) is 44.1 Å². The van der Waals surface area contributed by atoms with Gasteiger partial charge in [0, 0.05) is 5.54 Å². The van der Waals surface area contributed by atoms with E-state index in [1.807, 2.05) is 11.4 Å². The first-order chi connectivity index (χ1) is 9.69. The molecular formula is C14H17N3O2S. The second kappa shape index (κ2) is 5.36.